The summed E-state index contributed by atoms with van der Waals surface area (Å²) in [5, 5.41) is 0.829. The van der Waals surface area contributed by atoms with Crippen LogP contribution < -0.4 is 9.64 Å². The first kappa shape index (κ1) is 27.0. The molecule has 4 aromatic rings. The van der Waals surface area contributed by atoms with Crippen molar-refractivity contribution in [3.63, 3.8) is 0 Å². The molecular weight excluding hydrogens is 568 g/mol. The number of anilines is 1. The number of carbonyl (C=O) groups excluding carboxylic acids is 4. The molecule has 1 saturated heterocycles. The summed E-state index contributed by atoms with van der Waals surface area (Å²) in [6.45, 7) is -0.461. The van der Waals surface area contributed by atoms with Gasteiger partial charge in [0.1, 0.15) is 5.75 Å². The summed E-state index contributed by atoms with van der Waals surface area (Å²) >= 11 is 6.48. The first-order valence-electron chi connectivity index (χ1n) is 13.9. The molecule has 43 heavy (non-hydrogen) atoms. The smallest absolute Gasteiger partial charge is 0.339 e. The number of halogens is 1. The molecular formula is C34H25ClN2O6. The van der Waals surface area contributed by atoms with Crippen molar-refractivity contribution in [3.8, 4) is 17.0 Å². The van der Waals surface area contributed by atoms with Gasteiger partial charge in [-0.3, -0.25) is 19.3 Å². The molecule has 4 unspecified atom stereocenters. The van der Waals surface area contributed by atoms with Crippen molar-refractivity contribution in [3.05, 3.63) is 101 Å². The number of nitrogens with zero attached hydrogens (tertiary/aromatic N) is 2. The fraction of sp³-hybridized carbons (Fsp3) is 0.206. The fourth-order valence-corrected chi connectivity index (χ4v) is 6.77. The van der Waals surface area contributed by atoms with Crippen LogP contribution in [0.15, 0.2) is 84.9 Å². The van der Waals surface area contributed by atoms with Crippen LogP contribution in [0.4, 0.5) is 5.69 Å². The number of rotatable bonds is 7. The molecule has 1 aliphatic heterocycles. The number of carbonyl (C=O) groups is 4. The number of imide groups is 1. The third kappa shape index (κ3) is 4.49. The van der Waals surface area contributed by atoms with Gasteiger partial charge < -0.3 is 9.47 Å². The van der Waals surface area contributed by atoms with Crippen molar-refractivity contribution >= 4 is 51.8 Å². The van der Waals surface area contributed by atoms with Gasteiger partial charge in [0, 0.05) is 16.5 Å². The Kier molecular flexibility index (Phi) is 6.58. The Morgan fingerprint density at radius 2 is 1.63 bits per heavy atom. The minimum atomic E-state index is -0.702. The zero-order chi connectivity index (χ0) is 29.8. The summed E-state index contributed by atoms with van der Waals surface area (Å²) in [5.74, 6) is -1.16. The number of methoxy groups -OCH3 is 1. The maximum Gasteiger partial charge on any atom is 0.339 e. The molecule has 2 amide bonds. The Bertz CT molecular complexity index is 1840. The highest BCUT2D eigenvalue weighted by molar-refractivity contribution is 6.35. The number of ether oxygens (including phenoxy) is 2. The summed E-state index contributed by atoms with van der Waals surface area (Å²) < 4.78 is 10.6. The maximum absolute atomic E-state index is 13.3. The highest BCUT2D eigenvalue weighted by atomic mass is 35.5. The number of Topliss-reactive ketones (excluding diaryl/α,β-unsaturated/α-hetero) is 1. The Hall–Kier alpha value is -4.82. The van der Waals surface area contributed by atoms with Gasteiger partial charge in [0.25, 0.3) is 0 Å². The van der Waals surface area contributed by atoms with E-state index in [1.165, 1.54) is 12.0 Å². The number of hydrogen-bond acceptors (Lipinski definition) is 7. The number of benzene rings is 3. The van der Waals surface area contributed by atoms with Crippen LogP contribution in [0.1, 0.15) is 27.1 Å². The van der Waals surface area contributed by atoms with Crippen LogP contribution in [0.5, 0.6) is 5.75 Å². The average molecular weight is 593 g/mol. The molecule has 2 aliphatic carbocycles. The third-order valence-corrected chi connectivity index (χ3v) is 8.93. The molecule has 9 heteroatoms. The molecule has 7 rings (SSSR count). The highest BCUT2D eigenvalue weighted by Crippen LogP contribution is 2.53. The number of aromatic nitrogens is 1. The second-order valence-electron chi connectivity index (χ2n) is 11.0. The van der Waals surface area contributed by atoms with Crippen LogP contribution in [0, 0.1) is 23.7 Å². The van der Waals surface area contributed by atoms with E-state index in [4.69, 9.17) is 26.1 Å². The highest BCUT2D eigenvalue weighted by Gasteiger charge is 2.59. The molecule has 4 atom stereocenters. The number of ketones is 1. The summed E-state index contributed by atoms with van der Waals surface area (Å²) in [6.07, 6.45) is 5.00. The molecule has 0 N–H and O–H groups in total. The lowest BCUT2D eigenvalue weighted by Crippen LogP contribution is -2.32. The zero-order valence-corrected chi connectivity index (χ0v) is 23.8. The van der Waals surface area contributed by atoms with E-state index >= 15 is 0 Å². The lowest BCUT2D eigenvalue weighted by atomic mass is 9.85. The van der Waals surface area contributed by atoms with E-state index in [-0.39, 0.29) is 46.8 Å². The summed E-state index contributed by atoms with van der Waals surface area (Å²) in [4.78, 5) is 58.5. The van der Waals surface area contributed by atoms with Crippen molar-refractivity contribution in [2.75, 3.05) is 18.6 Å². The Morgan fingerprint density at radius 3 is 2.33 bits per heavy atom. The number of pyridine rings is 1. The predicted molar refractivity (Wildman–Crippen MR) is 160 cm³/mol. The minimum Gasteiger partial charge on any atom is -0.497 e. The van der Waals surface area contributed by atoms with E-state index in [0.717, 1.165) is 6.42 Å². The van der Waals surface area contributed by atoms with Gasteiger partial charge in [0.15, 0.2) is 12.4 Å². The van der Waals surface area contributed by atoms with Crippen molar-refractivity contribution in [1.29, 1.82) is 0 Å². The standard InChI is InChI=1S/C34H25ClN2O6/c1-42-23-5-2-4-19(15-23)28(38)17-43-34(41)25-16-27(36-31-24(25)6-3-7-26(31)35)18-10-12-22(13-11-18)37-32(39)29-20-8-9-21(14-20)30(29)33(37)40/h2-13,15-16,20-21,29-30H,14,17H2,1H3. The monoisotopic (exact) mass is 592 g/mol. The lowest BCUT2D eigenvalue weighted by molar-refractivity contribution is -0.123. The summed E-state index contributed by atoms with van der Waals surface area (Å²) in [5.41, 5.74) is 2.55. The molecule has 3 aromatic carbocycles. The number of amides is 2. The fourth-order valence-electron chi connectivity index (χ4n) is 6.56. The largest absolute Gasteiger partial charge is 0.497 e. The molecule has 214 valence electrons. The third-order valence-electron chi connectivity index (χ3n) is 8.63. The van der Waals surface area contributed by atoms with Crippen LogP contribution >= 0.6 is 11.6 Å². The van der Waals surface area contributed by atoms with E-state index in [1.807, 2.05) is 0 Å². The van der Waals surface area contributed by atoms with Crippen LogP contribution in [-0.2, 0) is 14.3 Å². The first-order chi connectivity index (χ1) is 20.8. The molecule has 0 radical (unpaired) electrons. The SMILES string of the molecule is COc1cccc(C(=O)COC(=O)c2cc(-c3ccc(N4C(=O)C5C6C=CC(C6)C5C4=O)cc3)nc3c(Cl)cccc23)c1. The Morgan fingerprint density at radius 1 is 0.930 bits per heavy atom. The number of fused-ring (bicyclic) bond motifs is 6. The van der Waals surface area contributed by atoms with Gasteiger partial charge in [0.05, 0.1) is 46.4 Å². The Balaban J connectivity index is 1.16. The normalized spacial score (nSPS) is 21.9. The number of para-hydroxylation sites is 1. The molecule has 2 bridgehead atoms. The van der Waals surface area contributed by atoms with Gasteiger partial charge in [-0.05, 0) is 54.7 Å². The average Bonchev–Trinajstić information content (AvgIpc) is 3.73. The number of hydrogen-bond donors (Lipinski definition) is 0. The number of allylic oxidation sites excluding steroid dienone is 2. The van der Waals surface area contributed by atoms with Gasteiger partial charge >= 0.3 is 5.97 Å². The van der Waals surface area contributed by atoms with Crippen molar-refractivity contribution < 1.29 is 28.7 Å². The lowest BCUT2D eigenvalue weighted by Gasteiger charge is -2.18. The molecule has 3 aliphatic rings. The quantitative estimate of drug-likeness (QED) is 0.114. The maximum atomic E-state index is 13.3. The van der Waals surface area contributed by atoms with Gasteiger partial charge in [0.2, 0.25) is 11.8 Å². The van der Waals surface area contributed by atoms with Crippen molar-refractivity contribution in [1.82, 2.24) is 4.98 Å². The predicted octanol–water partition coefficient (Wildman–Crippen LogP) is 5.92. The summed E-state index contributed by atoms with van der Waals surface area (Å²) in [7, 11) is 1.51. The Labute approximate surface area is 251 Å². The van der Waals surface area contributed by atoms with E-state index in [0.29, 0.717) is 44.2 Å². The second-order valence-corrected chi connectivity index (χ2v) is 11.4. The molecule has 8 nitrogen and oxygen atoms in total. The van der Waals surface area contributed by atoms with Gasteiger partial charge in [-0.1, -0.05) is 60.2 Å². The second kappa shape index (κ2) is 10.5. The van der Waals surface area contributed by atoms with Crippen LogP contribution in [0.2, 0.25) is 5.02 Å². The van der Waals surface area contributed by atoms with E-state index in [9.17, 15) is 19.2 Å². The van der Waals surface area contributed by atoms with Crippen LogP contribution in [0.3, 0.4) is 0 Å². The van der Waals surface area contributed by atoms with Crippen LogP contribution in [0.25, 0.3) is 22.2 Å². The van der Waals surface area contributed by atoms with E-state index in [1.54, 1.807) is 72.8 Å². The van der Waals surface area contributed by atoms with Crippen molar-refractivity contribution in [2.24, 2.45) is 23.7 Å². The molecule has 1 saturated carbocycles. The number of esters is 1. The summed E-state index contributed by atoms with van der Waals surface area (Å²) in [6, 6.07) is 20.2. The first-order valence-corrected chi connectivity index (χ1v) is 14.3. The topological polar surface area (TPSA) is 103 Å². The minimum absolute atomic E-state index is 0.131. The molecule has 0 spiro atoms. The van der Waals surface area contributed by atoms with Crippen molar-refractivity contribution in [2.45, 2.75) is 6.42 Å². The molecule has 1 aromatic heterocycles. The van der Waals surface area contributed by atoms with Crippen LogP contribution in [-0.4, -0.2) is 42.3 Å². The van der Waals surface area contributed by atoms with E-state index < -0.39 is 12.6 Å². The van der Waals surface area contributed by atoms with Gasteiger partial charge in [-0.2, -0.15) is 0 Å². The van der Waals surface area contributed by atoms with Gasteiger partial charge in [-0.15, -0.1) is 0 Å². The molecule has 2 heterocycles. The van der Waals surface area contributed by atoms with E-state index in [2.05, 4.69) is 12.2 Å². The zero-order valence-electron chi connectivity index (χ0n) is 23.0. The molecule has 2 fully saturated rings. The van der Waals surface area contributed by atoms with Gasteiger partial charge in [-0.25, -0.2) is 9.78 Å².